The molecule has 0 radical (unpaired) electrons. The lowest BCUT2D eigenvalue weighted by atomic mass is 9.91. The topological polar surface area (TPSA) is 83.9 Å². The lowest BCUT2D eigenvalue weighted by Crippen LogP contribution is -2.62. The van der Waals surface area contributed by atoms with E-state index < -0.39 is 5.60 Å². The summed E-state index contributed by atoms with van der Waals surface area (Å²) >= 11 is 0. The van der Waals surface area contributed by atoms with Gasteiger partial charge in [0.05, 0.1) is 31.1 Å². The van der Waals surface area contributed by atoms with E-state index in [4.69, 9.17) is 10.5 Å². The van der Waals surface area contributed by atoms with Crippen molar-refractivity contribution in [2.24, 2.45) is 0 Å². The smallest absolute Gasteiger partial charge is 0.146 e. The van der Waals surface area contributed by atoms with Gasteiger partial charge in [-0.1, -0.05) is 0 Å². The van der Waals surface area contributed by atoms with E-state index in [-0.39, 0.29) is 6.42 Å². The third kappa shape index (κ3) is 1.69. The quantitative estimate of drug-likeness (QED) is 0.771. The molecule has 0 atom stereocenters. The first-order chi connectivity index (χ1) is 7.68. The van der Waals surface area contributed by atoms with Gasteiger partial charge in [0.2, 0.25) is 0 Å². The van der Waals surface area contributed by atoms with Crippen LogP contribution in [0, 0.1) is 22.7 Å². The van der Waals surface area contributed by atoms with Crippen molar-refractivity contribution in [3.8, 4) is 12.1 Å². The zero-order valence-corrected chi connectivity index (χ0v) is 8.59. The largest absolute Gasteiger partial charge is 0.385 e. The Morgan fingerprint density at radius 1 is 1.50 bits per heavy atom. The fourth-order valence-corrected chi connectivity index (χ4v) is 1.81. The van der Waals surface area contributed by atoms with Crippen LogP contribution in [0.5, 0.6) is 0 Å². The SMILES string of the molecule is N#CCC1(O)CN(c2ncccc2C#N)C1. The normalized spacial score (nSPS) is 17.1. The summed E-state index contributed by atoms with van der Waals surface area (Å²) in [5.41, 5.74) is -0.458. The second kappa shape index (κ2) is 3.80. The first kappa shape index (κ1) is 10.4. The standard InChI is InChI=1S/C11H10N4O/c12-4-3-11(16)7-15(8-11)10-9(6-13)2-1-5-14-10/h1-2,5,16H,3,7-8H2. The summed E-state index contributed by atoms with van der Waals surface area (Å²) in [6.07, 6.45) is 1.72. The zero-order chi connectivity index (χ0) is 11.6. The highest BCUT2D eigenvalue weighted by atomic mass is 16.3. The van der Waals surface area contributed by atoms with Crippen LogP contribution in [0.1, 0.15) is 12.0 Å². The second-order valence-electron chi connectivity index (χ2n) is 3.90. The molecule has 0 aliphatic carbocycles. The van der Waals surface area contributed by atoms with Crippen molar-refractivity contribution >= 4 is 5.82 Å². The molecule has 1 aromatic rings. The summed E-state index contributed by atoms with van der Waals surface area (Å²) in [4.78, 5) is 5.91. The van der Waals surface area contributed by atoms with Crippen LogP contribution >= 0.6 is 0 Å². The van der Waals surface area contributed by atoms with Gasteiger partial charge in [-0.3, -0.25) is 0 Å². The Hall–Kier alpha value is -2.11. The van der Waals surface area contributed by atoms with E-state index in [0.717, 1.165) is 0 Å². The molecule has 5 heteroatoms. The molecule has 1 fully saturated rings. The molecule has 2 heterocycles. The van der Waals surface area contributed by atoms with E-state index in [1.807, 2.05) is 6.07 Å². The summed E-state index contributed by atoms with van der Waals surface area (Å²) in [6.45, 7) is 0.707. The van der Waals surface area contributed by atoms with Crippen LogP contribution in [0.25, 0.3) is 0 Å². The molecule has 16 heavy (non-hydrogen) atoms. The monoisotopic (exact) mass is 214 g/mol. The van der Waals surface area contributed by atoms with Gasteiger partial charge in [-0.05, 0) is 12.1 Å². The molecule has 2 rings (SSSR count). The van der Waals surface area contributed by atoms with Gasteiger partial charge in [-0.25, -0.2) is 4.98 Å². The maximum atomic E-state index is 9.83. The number of pyridine rings is 1. The van der Waals surface area contributed by atoms with E-state index >= 15 is 0 Å². The predicted molar refractivity (Wildman–Crippen MR) is 56.3 cm³/mol. The highest BCUT2D eigenvalue weighted by Gasteiger charge is 2.42. The van der Waals surface area contributed by atoms with Gasteiger partial charge in [0.25, 0.3) is 0 Å². The molecule has 0 spiro atoms. The molecule has 0 amide bonds. The minimum atomic E-state index is -0.945. The molecular formula is C11H10N4O. The van der Waals surface area contributed by atoms with Crippen molar-refractivity contribution in [2.75, 3.05) is 18.0 Å². The van der Waals surface area contributed by atoms with E-state index in [9.17, 15) is 5.11 Å². The van der Waals surface area contributed by atoms with Crippen molar-refractivity contribution < 1.29 is 5.11 Å². The lowest BCUT2D eigenvalue weighted by molar-refractivity contribution is 0.0162. The van der Waals surface area contributed by atoms with Gasteiger partial charge in [-0.15, -0.1) is 0 Å². The fraction of sp³-hybridized carbons (Fsp3) is 0.364. The fourth-order valence-electron chi connectivity index (χ4n) is 1.81. The first-order valence-corrected chi connectivity index (χ1v) is 4.88. The van der Waals surface area contributed by atoms with Crippen molar-refractivity contribution in [3.05, 3.63) is 23.9 Å². The van der Waals surface area contributed by atoms with Crippen molar-refractivity contribution in [2.45, 2.75) is 12.0 Å². The van der Waals surface area contributed by atoms with Gasteiger partial charge in [-0.2, -0.15) is 10.5 Å². The number of β-amino-alcohol motifs (C(OH)–C–C–N with tert-alkyl or cyclic N) is 1. The van der Waals surface area contributed by atoms with Crippen LogP contribution in [0.2, 0.25) is 0 Å². The van der Waals surface area contributed by atoms with E-state index in [1.165, 1.54) is 0 Å². The van der Waals surface area contributed by atoms with E-state index in [1.54, 1.807) is 23.2 Å². The average Bonchev–Trinajstić information content (AvgIpc) is 2.26. The molecule has 1 N–H and O–H groups in total. The van der Waals surface area contributed by atoms with Crippen LogP contribution in [0.4, 0.5) is 5.82 Å². The minimum absolute atomic E-state index is 0.109. The average molecular weight is 214 g/mol. The van der Waals surface area contributed by atoms with Crippen molar-refractivity contribution in [1.29, 1.82) is 10.5 Å². The van der Waals surface area contributed by atoms with Crippen LogP contribution in [-0.2, 0) is 0 Å². The number of hydrogen-bond donors (Lipinski definition) is 1. The molecule has 0 aromatic carbocycles. The first-order valence-electron chi connectivity index (χ1n) is 4.88. The number of anilines is 1. The third-order valence-electron chi connectivity index (χ3n) is 2.59. The number of rotatable bonds is 2. The number of nitrogens with zero attached hydrogens (tertiary/aromatic N) is 4. The summed E-state index contributed by atoms with van der Waals surface area (Å²) in [6, 6.07) is 7.38. The summed E-state index contributed by atoms with van der Waals surface area (Å²) < 4.78 is 0. The number of hydrogen-bond acceptors (Lipinski definition) is 5. The highest BCUT2D eigenvalue weighted by Crippen LogP contribution is 2.30. The van der Waals surface area contributed by atoms with Crippen molar-refractivity contribution in [3.63, 3.8) is 0 Å². The van der Waals surface area contributed by atoms with Gasteiger partial charge in [0.15, 0.2) is 0 Å². The molecule has 1 aliphatic rings. The maximum Gasteiger partial charge on any atom is 0.146 e. The van der Waals surface area contributed by atoms with Gasteiger partial charge < -0.3 is 10.0 Å². The zero-order valence-electron chi connectivity index (χ0n) is 8.59. The summed E-state index contributed by atoms with van der Waals surface area (Å²) in [7, 11) is 0. The molecule has 0 bridgehead atoms. The van der Waals surface area contributed by atoms with E-state index in [2.05, 4.69) is 11.1 Å². The van der Waals surface area contributed by atoms with Crippen LogP contribution < -0.4 is 4.90 Å². The Bertz CT molecular complexity index is 479. The molecule has 0 saturated carbocycles. The molecule has 80 valence electrons. The summed E-state index contributed by atoms with van der Waals surface area (Å²) in [5.74, 6) is 0.576. The second-order valence-corrected chi connectivity index (χ2v) is 3.90. The Morgan fingerprint density at radius 2 is 2.25 bits per heavy atom. The maximum absolute atomic E-state index is 9.83. The Kier molecular flexibility index (Phi) is 2.47. The van der Waals surface area contributed by atoms with Gasteiger partial charge in [0.1, 0.15) is 17.5 Å². The molecule has 0 unspecified atom stereocenters. The van der Waals surface area contributed by atoms with Crippen LogP contribution in [0.15, 0.2) is 18.3 Å². The Labute approximate surface area is 93.2 Å². The van der Waals surface area contributed by atoms with Gasteiger partial charge >= 0.3 is 0 Å². The molecule has 1 saturated heterocycles. The predicted octanol–water partition coefficient (Wildman–Crippen LogP) is 0.418. The van der Waals surface area contributed by atoms with Crippen LogP contribution in [-0.4, -0.2) is 28.8 Å². The molecular weight excluding hydrogens is 204 g/mol. The number of nitriles is 2. The molecule has 5 nitrogen and oxygen atoms in total. The number of aliphatic hydroxyl groups is 1. The molecule has 1 aliphatic heterocycles. The Morgan fingerprint density at radius 3 is 2.88 bits per heavy atom. The highest BCUT2D eigenvalue weighted by molar-refractivity contribution is 5.56. The van der Waals surface area contributed by atoms with Crippen molar-refractivity contribution in [1.82, 2.24) is 4.98 Å². The minimum Gasteiger partial charge on any atom is -0.385 e. The Balaban J connectivity index is 2.13. The number of aromatic nitrogens is 1. The van der Waals surface area contributed by atoms with Gasteiger partial charge in [0, 0.05) is 6.20 Å². The lowest BCUT2D eigenvalue weighted by Gasteiger charge is -2.46. The van der Waals surface area contributed by atoms with Crippen LogP contribution in [0.3, 0.4) is 0 Å². The molecule has 1 aromatic heterocycles. The van der Waals surface area contributed by atoms with E-state index in [0.29, 0.717) is 24.5 Å². The summed E-state index contributed by atoms with van der Waals surface area (Å²) in [5, 5.41) is 27.2. The third-order valence-corrected chi connectivity index (χ3v) is 2.59.